The summed E-state index contributed by atoms with van der Waals surface area (Å²) in [4.78, 5) is 15.3. The molecule has 0 aliphatic carbocycles. The van der Waals surface area contributed by atoms with Crippen molar-refractivity contribution in [3.8, 4) is 0 Å². The molecule has 0 saturated heterocycles. The van der Waals surface area contributed by atoms with E-state index in [0.29, 0.717) is 11.4 Å². The van der Waals surface area contributed by atoms with Crippen molar-refractivity contribution in [3.05, 3.63) is 101 Å². The summed E-state index contributed by atoms with van der Waals surface area (Å²) in [5.74, 6) is 0.152. The fourth-order valence-electron chi connectivity index (χ4n) is 4.18. The van der Waals surface area contributed by atoms with Crippen LogP contribution in [0.1, 0.15) is 23.1 Å². The van der Waals surface area contributed by atoms with Gasteiger partial charge in [0.25, 0.3) is 0 Å². The lowest BCUT2D eigenvalue weighted by Gasteiger charge is -2.29. The normalized spacial score (nSPS) is 18.6. The van der Waals surface area contributed by atoms with Crippen LogP contribution in [0.2, 0.25) is 5.02 Å². The van der Waals surface area contributed by atoms with Gasteiger partial charge in [-0.05, 0) is 48.1 Å². The van der Waals surface area contributed by atoms with Gasteiger partial charge in [-0.15, -0.1) is 0 Å². The molecule has 3 heteroatoms. The average molecular weight is 376 g/mol. The highest BCUT2D eigenvalue weighted by atomic mass is 35.5. The summed E-state index contributed by atoms with van der Waals surface area (Å²) in [6.45, 7) is 0. The number of likely N-dealkylation sites (N-methyl/N-ethyl adjacent to an activating group) is 1. The summed E-state index contributed by atoms with van der Waals surface area (Å²) in [5.41, 5.74) is 3.87. The van der Waals surface area contributed by atoms with Crippen molar-refractivity contribution in [2.45, 2.75) is 24.7 Å². The van der Waals surface area contributed by atoms with Gasteiger partial charge in [0.1, 0.15) is 0 Å². The number of fused-ring (bicyclic) bond motifs is 1. The van der Waals surface area contributed by atoms with E-state index < -0.39 is 5.41 Å². The van der Waals surface area contributed by atoms with Crippen molar-refractivity contribution >= 4 is 23.2 Å². The van der Waals surface area contributed by atoms with E-state index in [4.69, 9.17) is 11.6 Å². The van der Waals surface area contributed by atoms with Crippen LogP contribution in [0.5, 0.6) is 0 Å². The Kier molecular flexibility index (Phi) is 4.75. The Balaban J connectivity index is 1.78. The molecule has 1 amide bonds. The summed E-state index contributed by atoms with van der Waals surface area (Å²) in [6, 6.07) is 26.5. The second-order valence-electron chi connectivity index (χ2n) is 7.26. The Morgan fingerprint density at radius 3 is 2.19 bits per heavy atom. The van der Waals surface area contributed by atoms with Crippen LogP contribution in [0.3, 0.4) is 0 Å². The maximum absolute atomic E-state index is 13.5. The van der Waals surface area contributed by atoms with Crippen LogP contribution in [0.15, 0.2) is 78.9 Å². The Morgan fingerprint density at radius 1 is 0.889 bits per heavy atom. The van der Waals surface area contributed by atoms with Crippen LogP contribution in [0.4, 0.5) is 5.69 Å². The number of hydrogen-bond acceptors (Lipinski definition) is 1. The van der Waals surface area contributed by atoms with Gasteiger partial charge in [-0.1, -0.05) is 78.3 Å². The van der Waals surface area contributed by atoms with Crippen LogP contribution in [-0.4, -0.2) is 13.0 Å². The molecule has 27 heavy (non-hydrogen) atoms. The first-order valence-corrected chi connectivity index (χ1v) is 9.64. The van der Waals surface area contributed by atoms with Gasteiger partial charge in [-0.25, -0.2) is 0 Å². The van der Waals surface area contributed by atoms with Crippen molar-refractivity contribution in [2.24, 2.45) is 0 Å². The van der Waals surface area contributed by atoms with Crippen LogP contribution >= 0.6 is 11.6 Å². The van der Waals surface area contributed by atoms with Gasteiger partial charge in [0.05, 0.1) is 5.41 Å². The molecule has 1 heterocycles. The topological polar surface area (TPSA) is 20.3 Å². The van der Waals surface area contributed by atoms with Gasteiger partial charge in [-0.2, -0.15) is 0 Å². The number of carbonyl (C=O) groups is 1. The smallest absolute Gasteiger partial charge is 0.237 e. The molecule has 0 saturated carbocycles. The molecule has 0 aromatic heterocycles. The minimum absolute atomic E-state index is 0.152. The fraction of sp³-hybridized carbons (Fsp3) is 0.208. The molecule has 0 unspecified atom stereocenters. The zero-order valence-electron chi connectivity index (χ0n) is 15.4. The summed E-state index contributed by atoms with van der Waals surface area (Å²) in [6.07, 6.45) is 2.32. The number of halogens is 1. The van der Waals surface area contributed by atoms with Gasteiger partial charge in [0, 0.05) is 17.8 Å². The van der Waals surface area contributed by atoms with E-state index in [2.05, 4.69) is 36.4 Å². The van der Waals surface area contributed by atoms with Crippen molar-refractivity contribution < 1.29 is 4.79 Å². The Bertz CT molecular complexity index is 955. The fourth-order valence-corrected chi connectivity index (χ4v) is 4.35. The molecule has 0 spiro atoms. The average Bonchev–Trinajstić information content (AvgIpc) is 2.90. The molecule has 3 aromatic carbocycles. The Hall–Kier alpha value is -2.58. The first kappa shape index (κ1) is 17.8. The van der Waals surface area contributed by atoms with Gasteiger partial charge < -0.3 is 4.90 Å². The number of hydrogen-bond donors (Lipinski definition) is 0. The van der Waals surface area contributed by atoms with E-state index in [1.165, 1.54) is 11.1 Å². The molecule has 4 rings (SSSR count). The number of amides is 1. The number of nitrogens with zero attached hydrogens (tertiary/aromatic N) is 1. The Morgan fingerprint density at radius 2 is 1.52 bits per heavy atom. The molecule has 136 valence electrons. The monoisotopic (exact) mass is 375 g/mol. The maximum Gasteiger partial charge on any atom is 0.237 e. The van der Waals surface area contributed by atoms with E-state index in [0.717, 1.165) is 24.1 Å². The molecule has 3 aromatic rings. The van der Waals surface area contributed by atoms with Crippen molar-refractivity contribution in [2.75, 3.05) is 11.9 Å². The lowest BCUT2D eigenvalue weighted by molar-refractivity contribution is -0.123. The first-order valence-electron chi connectivity index (χ1n) is 9.26. The van der Waals surface area contributed by atoms with Crippen LogP contribution in [0.25, 0.3) is 0 Å². The zero-order chi connectivity index (χ0) is 18.9. The summed E-state index contributed by atoms with van der Waals surface area (Å²) < 4.78 is 0. The predicted octanol–water partition coefficient (Wildman–Crippen LogP) is 5.43. The number of anilines is 1. The SMILES string of the molecule is CN1C(=O)[C@](CCc2ccccc2)(Cc2ccccc2)c2ccc(Cl)cc21. The third-order valence-electron chi connectivity index (χ3n) is 5.58. The van der Waals surface area contributed by atoms with E-state index >= 15 is 0 Å². The minimum atomic E-state index is -0.564. The molecule has 1 aliphatic rings. The van der Waals surface area contributed by atoms with Crippen molar-refractivity contribution in [3.63, 3.8) is 0 Å². The molecule has 0 radical (unpaired) electrons. The number of aryl methyl sites for hydroxylation is 1. The maximum atomic E-state index is 13.5. The first-order chi connectivity index (χ1) is 13.1. The third kappa shape index (κ3) is 3.26. The minimum Gasteiger partial charge on any atom is -0.314 e. The van der Waals surface area contributed by atoms with E-state index in [1.54, 1.807) is 4.90 Å². The molecular formula is C24H22ClNO. The second-order valence-corrected chi connectivity index (χ2v) is 7.69. The molecule has 0 bridgehead atoms. The van der Waals surface area contributed by atoms with Crippen molar-refractivity contribution in [1.29, 1.82) is 0 Å². The van der Waals surface area contributed by atoms with Gasteiger partial charge in [0.2, 0.25) is 5.91 Å². The summed E-state index contributed by atoms with van der Waals surface area (Å²) >= 11 is 6.22. The van der Waals surface area contributed by atoms with Crippen LogP contribution < -0.4 is 4.90 Å². The summed E-state index contributed by atoms with van der Waals surface area (Å²) in [5, 5.41) is 0.659. The molecule has 0 N–H and O–H groups in total. The molecule has 1 aliphatic heterocycles. The molecule has 1 atom stereocenters. The van der Waals surface area contributed by atoms with Gasteiger partial charge in [0.15, 0.2) is 0 Å². The predicted molar refractivity (Wildman–Crippen MR) is 111 cm³/mol. The zero-order valence-corrected chi connectivity index (χ0v) is 16.1. The molecule has 2 nitrogen and oxygen atoms in total. The lowest BCUT2D eigenvalue weighted by atomic mass is 9.72. The van der Waals surface area contributed by atoms with Crippen LogP contribution in [-0.2, 0) is 23.1 Å². The highest BCUT2D eigenvalue weighted by Crippen LogP contribution is 2.47. The highest BCUT2D eigenvalue weighted by molar-refractivity contribution is 6.31. The number of carbonyl (C=O) groups excluding carboxylic acids is 1. The number of rotatable bonds is 5. The van der Waals surface area contributed by atoms with Crippen molar-refractivity contribution in [1.82, 2.24) is 0 Å². The third-order valence-corrected chi connectivity index (χ3v) is 5.82. The largest absolute Gasteiger partial charge is 0.314 e. The van der Waals surface area contributed by atoms with E-state index in [9.17, 15) is 4.79 Å². The second kappa shape index (κ2) is 7.21. The van der Waals surface area contributed by atoms with E-state index in [1.807, 2.05) is 49.5 Å². The number of benzene rings is 3. The highest BCUT2D eigenvalue weighted by Gasteiger charge is 2.49. The van der Waals surface area contributed by atoms with Crippen LogP contribution in [0, 0.1) is 0 Å². The standard InChI is InChI=1S/C24H22ClNO/c1-26-22-16-20(25)12-13-21(22)24(23(26)27,17-19-10-6-3-7-11-19)15-14-18-8-4-2-5-9-18/h2-13,16H,14-15,17H2,1H3/t24-/m1/s1. The molecular weight excluding hydrogens is 354 g/mol. The molecule has 0 fully saturated rings. The Labute approximate surface area is 165 Å². The van der Waals surface area contributed by atoms with Gasteiger partial charge >= 0.3 is 0 Å². The van der Waals surface area contributed by atoms with Gasteiger partial charge in [-0.3, -0.25) is 4.79 Å². The quantitative estimate of drug-likeness (QED) is 0.582. The summed E-state index contributed by atoms with van der Waals surface area (Å²) in [7, 11) is 1.85. The lowest BCUT2D eigenvalue weighted by Crippen LogP contribution is -2.41. The van der Waals surface area contributed by atoms with E-state index in [-0.39, 0.29) is 5.91 Å².